The topological polar surface area (TPSA) is 17.1 Å². The number of carbonyl (C=O) groups excluding carboxylic acids is 1. The highest BCUT2D eigenvalue weighted by molar-refractivity contribution is 6.32. The average molecular weight is 287 g/mol. The number of hydrogen-bond donors (Lipinski definition) is 0. The van der Waals surface area contributed by atoms with Crippen molar-refractivity contribution in [3.05, 3.63) is 69.7 Å². The molecular formula is C18H19ClO. The molecule has 0 spiro atoms. The van der Waals surface area contributed by atoms with Gasteiger partial charge in [0.05, 0.1) is 0 Å². The maximum atomic E-state index is 12.5. The number of ketones is 1. The molecule has 0 unspecified atom stereocenters. The summed E-state index contributed by atoms with van der Waals surface area (Å²) in [4.78, 5) is 12.5. The fourth-order valence-electron chi connectivity index (χ4n) is 2.21. The van der Waals surface area contributed by atoms with Crippen molar-refractivity contribution in [2.24, 2.45) is 0 Å². The lowest BCUT2D eigenvalue weighted by Gasteiger charge is -2.07. The monoisotopic (exact) mass is 286 g/mol. The second-order valence-corrected chi connectivity index (χ2v) is 5.45. The van der Waals surface area contributed by atoms with Crippen LogP contribution in [-0.4, -0.2) is 5.78 Å². The van der Waals surface area contributed by atoms with E-state index in [9.17, 15) is 4.79 Å². The lowest BCUT2D eigenvalue weighted by Crippen LogP contribution is -2.04. The minimum atomic E-state index is 0.0343. The second kappa shape index (κ2) is 6.71. The van der Waals surface area contributed by atoms with Crippen LogP contribution in [0.15, 0.2) is 42.5 Å². The van der Waals surface area contributed by atoms with Crippen LogP contribution in [0.4, 0.5) is 0 Å². The Kier molecular flexibility index (Phi) is 4.97. The van der Waals surface area contributed by atoms with Gasteiger partial charge in [0.25, 0.3) is 0 Å². The Morgan fingerprint density at radius 3 is 2.45 bits per heavy atom. The summed E-state index contributed by atoms with van der Waals surface area (Å²) in [6, 6.07) is 13.4. The standard InChI is InChI=1S/C18H19ClO/c1-3-4-6-14-9-11-15(12-10-14)18(20)16-7-5-8-17(19)13(16)2/h5,7-12H,3-4,6H2,1-2H3. The molecule has 0 saturated heterocycles. The van der Waals surface area contributed by atoms with E-state index in [1.807, 2.05) is 49.4 Å². The molecule has 0 saturated carbocycles. The van der Waals surface area contributed by atoms with Crippen molar-refractivity contribution in [1.29, 1.82) is 0 Å². The van der Waals surface area contributed by atoms with E-state index in [-0.39, 0.29) is 5.78 Å². The molecule has 104 valence electrons. The van der Waals surface area contributed by atoms with Crippen molar-refractivity contribution < 1.29 is 4.79 Å². The van der Waals surface area contributed by atoms with Crippen molar-refractivity contribution in [1.82, 2.24) is 0 Å². The molecule has 0 aliphatic rings. The summed E-state index contributed by atoms with van der Waals surface area (Å²) in [5.41, 5.74) is 3.52. The van der Waals surface area contributed by atoms with Crippen LogP contribution in [0.2, 0.25) is 5.02 Å². The van der Waals surface area contributed by atoms with Crippen LogP contribution < -0.4 is 0 Å². The third kappa shape index (κ3) is 3.29. The molecule has 2 rings (SSSR count). The van der Waals surface area contributed by atoms with Gasteiger partial charge in [0.2, 0.25) is 0 Å². The summed E-state index contributed by atoms with van der Waals surface area (Å²) in [5, 5.41) is 0.635. The van der Waals surface area contributed by atoms with Gasteiger partial charge in [-0.05, 0) is 37.0 Å². The molecular weight excluding hydrogens is 268 g/mol. The first-order valence-electron chi connectivity index (χ1n) is 7.02. The summed E-state index contributed by atoms with van der Waals surface area (Å²) < 4.78 is 0. The summed E-state index contributed by atoms with van der Waals surface area (Å²) in [6.07, 6.45) is 3.43. The third-order valence-electron chi connectivity index (χ3n) is 3.55. The van der Waals surface area contributed by atoms with Crippen molar-refractivity contribution in [3.63, 3.8) is 0 Å². The number of benzene rings is 2. The van der Waals surface area contributed by atoms with E-state index in [2.05, 4.69) is 6.92 Å². The third-order valence-corrected chi connectivity index (χ3v) is 3.96. The Hall–Kier alpha value is -1.60. The first-order valence-corrected chi connectivity index (χ1v) is 7.40. The van der Waals surface area contributed by atoms with Gasteiger partial charge < -0.3 is 0 Å². The number of halogens is 1. The van der Waals surface area contributed by atoms with E-state index in [1.54, 1.807) is 0 Å². The van der Waals surface area contributed by atoms with Crippen LogP contribution in [0.3, 0.4) is 0 Å². The van der Waals surface area contributed by atoms with E-state index in [0.29, 0.717) is 10.6 Å². The van der Waals surface area contributed by atoms with Crippen molar-refractivity contribution in [3.8, 4) is 0 Å². The number of hydrogen-bond acceptors (Lipinski definition) is 1. The van der Waals surface area contributed by atoms with E-state index in [0.717, 1.165) is 17.5 Å². The normalized spacial score (nSPS) is 10.6. The number of carbonyl (C=O) groups is 1. The smallest absolute Gasteiger partial charge is 0.193 e. The van der Waals surface area contributed by atoms with Gasteiger partial charge in [0, 0.05) is 16.1 Å². The summed E-state index contributed by atoms with van der Waals surface area (Å²) in [6.45, 7) is 4.06. The van der Waals surface area contributed by atoms with Crippen LogP contribution in [0, 0.1) is 6.92 Å². The van der Waals surface area contributed by atoms with Gasteiger partial charge in [-0.15, -0.1) is 0 Å². The zero-order valence-electron chi connectivity index (χ0n) is 11.9. The fraction of sp³-hybridized carbons (Fsp3) is 0.278. The molecule has 2 aromatic carbocycles. The molecule has 0 bridgehead atoms. The van der Waals surface area contributed by atoms with Crippen molar-refractivity contribution >= 4 is 17.4 Å². The molecule has 0 heterocycles. The fourth-order valence-corrected chi connectivity index (χ4v) is 2.39. The Bertz CT molecular complexity index is 599. The predicted octanol–water partition coefficient (Wildman–Crippen LogP) is 5.22. The van der Waals surface area contributed by atoms with Gasteiger partial charge in [0.15, 0.2) is 5.78 Å². The van der Waals surface area contributed by atoms with Gasteiger partial charge in [0.1, 0.15) is 0 Å². The highest BCUT2D eigenvalue weighted by Crippen LogP contribution is 2.21. The largest absolute Gasteiger partial charge is 0.289 e. The minimum Gasteiger partial charge on any atom is -0.289 e. The molecule has 20 heavy (non-hydrogen) atoms. The van der Waals surface area contributed by atoms with E-state index < -0.39 is 0 Å². The average Bonchev–Trinajstić information content (AvgIpc) is 2.48. The summed E-state index contributed by atoms with van der Waals surface area (Å²) in [7, 11) is 0. The van der Waals surface area contributed by atoms with E-state index in [4.69, 9.17) is 11.6 Å². The van der Waals surface area contributed by atoms with E-state index >= 15 is 0 Å². The summed E-state index contributed by atoms with van der Waals surface area (Å²) in [5.74, 6) is 0.0343. The van der Waals surface area contributed by atoms with Gasteiger partial charge in [-0.1, -0.05) is 61.3 Å². The Morgan fingerprint density at radius 1 is 1.10 bits per heavy atom. The highest BCUT2D eigenvalue weighted by Gasteiger charge is 2.13. The molecule has 2 aromatic rings. The molecule has 0 fully saturated rings. The lowest BCUT2D eigenvalue weighted by molar-refractivity contribution is 0.103. The number of unbranched alkanes of at least 4 members (excludes halogenated alkanes) is 1. The van der Waals surface area contributed by atoms with Gasteiger partial charge >= 0.3 is 0 Å². The predicted molar refractivity (Wildman–Crippen MR) is 84.7 cm³/mol. The molecule has 0 aliphatic heterocycles. The van der Waals surface area contributed by atoms with Crippen LogP contribution in [0.1, 0.15) is 46.8 Å². The first kappa shape index (κ1) is 14.8. The van der Waals surface area contributed by atoms with Crippen LogP contribution >= 0.6 is 11.6 Å². The number of rotatable bonds is 5. The molecule has 0 aromatic heterocycles. The molecule has 0 amide bonds. The minimum absolute atomic E-state index is 0.0343. The molecule has 1 nitrogen and oxygen atoms in total. The highest BCUT2D eigenvalue weighted by atomic mass is 35.5. The Morgan fingerprint density at radius 2 is 1.80 bits per heavy atom. The number of aryl methyl sites for hydroxylation is 1. The van der Waals surface area contributed by atoms with Gasteiger partial charge in [-0.25, -0.2) is 0 Å². The second-order valence-electron chi connectivity index (χ2n) is 5.04. The zero-order chi connectivity index (χ0) is 14.5. The van der Waals surface area contributed by atoms with Crippen molar-refractivity contribution in [2.45, 2.75) is 33.1 Å². The van der Waals surface area contributed by atoms with Crippen LogP contribution in [-0.2, 0) is 6.42 Å². The maximum absolute atomic E-state index is 12.5. The van der Waals surface area contributed by atoms with Crippen LogP contribution in [0.5, 0.6) is 0 Å². The Labute approximate surface area is 125 Å². The molecule has 2 heteroatoms. The first-order chi connectivity index (χ1) is 9.63. The quantitative estimate of drug-likeness (QED) is 0.689. The maximum Gasteiger partial charge on any atom is 0.193 e. The SMILES string of the molecule is CCCCc1ccc(C(=O)c2cccc(Cl)c2C)cc1. The summed E-state index contributed by atoms with van der Waals surface area (Å²) >= 11 is 6.08. The van der Waals surface area contributed by atoms with Gasteiger partial charge in [-0.2, -0.15) is 0 Å². The molecule has 0 radical (unpaired) electrons. The van der Waals surface area contributed by atoms with Gasteiger partial charge in [-0.3, -0.25) is 4.79 Å². The molecule has 0 N–H and O–H groups in total. The Balaban J connectivity index is 2.23. The zero-order valence-corrected chi connectivity index (χ0v) is 12.7. The van der Waals surface area contributed by atoms with Crippen LogP contribution in [0.25, 0.3) is 0 Å². The lowest BCUT2D eigenvalue weighted by atomic mass is 9.97. The molecule has 0 atom stereocenters. The van der Waals surface area contributed by atoms with E-state index in [1.165, 1.54) is 18.4 Å². The molecule has 0 aliphatic carbocycles. The van der Waals surface area contributed by atoms with Crippen molar-refractivity contribution in [2.75, 3.05) is 0 Å².